The fraction of sp³-hybridized carbons (Fsp3) is 0.462. The molecule has 0 radical (unpaired) electrons. The molecule has 100 valence electrons. The lowest BCUT2D eigenvalue weighted by Crippen LogP contribution is -2.24. The highest BCUT2D eigenvalue weighted by molar-refractivity contribution is 5.92. The van der Waals surface area contributed by atoms with E-state index in [-0.39, 0.29) is 24.3 Å². The Morgan fingerprint density at radius 3 is 2.67 bits per heavy atom. The molecule has 0 saturated heterocycles. The molecule has 0 aliphatic carbocycles. The van der Waals surface area contributed by atoms with Crippen molar-refractivity contribution in [3.8, 4) is 0 Å². The van der Waals surface area contributed by atoms with Crippen LogP contribution < -0.4 is 11.1 Å². The summed E-state index contributed by atoms with van der Waals surface area (Å²) >= 11 is 0. The molecule has 0 saturated carbocycles. The number of anilines is 2. The molecule has 3 N–H and O–H groups in total. The molecule has 1 rings (SSSR count). The van der Waals surface area contributed by atoms with Crippen molar-refractivity contribution in [3.05, 3.63) is 24.0 Å². The number of halogens is 1. The Hall–Kier alpha value is -1.62. The lowest BCUT2D eigenvalue weighted by Gasteiger charge is -2.16. The van der Waals surface area contributed by atoms with Crippen molar-refractivity contribution in [3.63, 3.8) is 0 Å². The van der Waals surface area contributed by atoms with E-state index in [0.29, 0.717) is 11.6 Å². The van der Waals surface area contributed by atoms with Crippen LogP contribution in [-0.4, -0.2) is 18.6 Å². The van der Waals surface area contributed by atoms with Gasteiger partial charge in [0.2, 0.25) is 5.91 Å². The van der Waals surface area contributed by atoms with Crippen molar-refractivity contribution in [2.24, 2.45) is 5.92 Å². The molecular weight excluding hydrogens is 235 g/mol. The molecule has 1 aromatic rings. The summed E-state index contributed by atoms with van der Waals surface area (Å²) in [6.45, 7) is 5.91. The number of ether oxygens (including phenoxy) is 1. The average Bonchev–Trinajstić information content (AvgIpc) is 2.30. The number of amides is 1. The van der Waals surface area contributed by atoms with Crippen molar-refractivity contribution in [2.45, 2.75) is 26.9 Å². The van der Waals surface area contributed by atoms with Gasteiger partial charge in [-0.15, -0.1) is 0 Å². The molecule has 0 aromatic heterocycles. The second-order valence-electron chi connectivity index (χ2n) is 4.54. The Morgan fingerprint density at radius 1 is 1.44 bits per heavy atom. The smallest absolute Gasteiger partial charge is 0.250 e. The standard InChI is InChI=1S/C13H19FN2O2/c1-8(2)9(3)18-7-13(17)16-10-4-5-11(14)12(15)6-10/h4-6,8-9H,7,15H2,1-3H3,(H,16,17). The molecule has 18 heavy (non-hydrogen) atoms. The Bertz CT molecular complexity index is 421. The number of nitrogens with two attached hydrogens (primary N) is 1. The number of hydrogen-bond acceptors (Lipinski definition) is 3. The second-order valence-corrected chi connectivity index (χ2v) is 4.54. The molecule has 1 unspecified atom stereocenters. The number of carbonyl (C=O) groups excluding carboxylic acids is 1. The van der Waals surface area contributed by atoms with E-state index in [0.717, 1.165) is 0 Å². The number of carbonyl (C=O) groups is 1. The maximum Gasteiger partial charge on any atom is 0.250 e. The lowest BCUT2D eigenvalue weighted by molar-refractivity contribution is -0.123. The summed E-state index contributed by atoms with van der Waals surface area (Å²) in [5.74, 6) is -0.439. The van der Waals surface area contributed by atoms with Crippen LogP contribution in [0.5, 0.6) is 0 Å². The van der Waals surface area contributed by atoms with Crippen LogP contribution >= 0.6 is 0 Å². The van der Waals surface area contributed by atoms with Gasteiger partial charge in [0.1, 0.15) is 12.4 Å². The predicted octanol–water partition coefficient (Wildman–Crippen LogP) is 2.41. The summed E-state index contributed by atoms with van der Waals surface area (Å²) in [5, 5.41) is 2.59. The Kier molecular flexibility index (Phi) is 5.09. The maximum atomic E-state index is 12.9. The van der Waals surface area contributed by atoms with E-state index in [9.17, 15) is 9.18 Å². The number of nitrogen functional groups attached to an aromatic ring is 1. The van der Waals surface area contributed by atoms with Crippen LogP contribution in [-0.2, 0) is 9.53 Å². The minimum absolute atomic E-state index is 0.00395. The van der Waals surface area contributed by atoms with Gasteiger partial charge < -0.3 is 15.8 Å². The van der Waals surface area contributed by atoms with Gasteiger partial charge in [-0.05, 0) is 31.0 Å². The summed E-state index contributed by atoms with van der Waals surface area (Å²) < 4.78 is 18.3. The lowest BCUT2D eigenvalue weighted by atomic mass is 10.1. The molecule has 0 aliphatic heterocycles. The third-order valence-electron chi connectivity index (χ3n) is 2.70. The summed E-state index contributed by atoms with van der Waals surface area (Å²) in [4.78, 5) is 11.6. The van der Waals surface area contributed by atoms with Gasteiger partial charge in [-0.25, -0.2) is 4.39 Å². The fourth-order valence-electron chi connectivity index (χ4n) is 1.22. The highest BCUT2D eigenvalue weighted by Gasteiger charge is 2.10. The molecule has 1 amide bonds. The van der Waals surface area contributed by atoms with Crippen molar-refractivity contribution in [1.82, 2.24) is 0 Å². The normalized spacial score (nSPS) is 12.5. The first-order valence-corrected chi connectivity index (χ1v) is 5.86. The third-order valence-corrected chi connectivity index (χ3v) is 2.70. The van der Waals surface area contributed by atoms with Crippen LogP contribution in [0, 0.1) is 11.7 Å². The first-order valence-electron chi connectivity index (χ1n) is 5.86. The van der Waals surface area contributed by atoms with Gasteiger partial charge in [0.15, 0.2) is 0 Å². The van der Waals surface area contributed by atoms with E-state index < -0.39 is 5.82 Å². The van der Waals surface area contributed by atoms with Gasteiger partial charge in [0, 0.05) is 5.69 Å². The minimum atomic E-state index is -0.502. The highest BCUT2D eigenvalue weighted by Crippen LogP contribution is 2.16. The molecule has 5 heteroatoms. The highest BCUT2D eigenvalue weighted by atomic mass is 19.1. The molecular formula is C13H19FN2O2. The van der Waals surface area contributed by atoms with Crippen LogP contribution in [0.4, 0.5) is 15.8 Å². The molecule has 0 spiro atoms. The van der Waals surface area contributed by atoms with Crippen LogP contribution in [0.3, 0.4) is 0 Å². The molecule has 1 atom stereocenters. The third kappa shape index (κ3) is 4.33. The topological polar surface area (TPSA) is 64.3 Å². The largest absolute Gasteiger partial charge is 0.396 e. The van der Waals surface area contributed by atoms with E-state index in [4.69, 9.17) is 10.5 Å². The van der Waals surface area contributed by atoms with E-state index in [1.807, 2.05) is 20.8 Å². The quantitative estimate of drug-likeness (QED) is 0.793. The van der Waals surface area contributed by atoms with Gasteiger partial charge in [0.25, 0.3) is 0 Å². The van der Waals surface area contributed by atoms with E-state index in [1.54, 1.807) is 0 Å². The van der Waals surface area contributed by atoms with E-state index >= 15 is 0 Å². The average molecular weight is 254 g/mol. The van der Waals surface area contributed by atoms with Gasteiger partial charge >= 0.3 is 0 Å². The van der Waals surface area contributed by atoms with Crippen molar-refractivity contribution in [1.29, 1.82) is 0 Å². The zero-order chi connectivity index (χ0) is 13.7. The molecule has 1 aromatic carbocycles. The van der Waals surface area contributed by atoms with Crippen LogP contribution in [0.2, 0.25) is 0 Å². The first-order chi connectivity index (χ1) is 8.40. The van der Waals surface area contributed by atoms with E-state index in [1.165, 1.54) is 18.2 Å². The summed E-state index contributed by atoms with van der Waals surface area (Å²) in [7, 11) is 0. The van der Waals surface area contributed by atoms with Crippen LogP contribution in [0.15, 0.2) is 18.2 Å². The molecule has 4 nitrogen and oxygen atoms in total. The monoisotopic (exact) mass is 254 g/mol. The van der Waals surface area contributed by atoms with Gasteiger partial charge in [0.05, 0.1) is 11.8 Å². The summed E-state index contributed by atoms with van der Waals surface area (Å²) in [6, 6.07) is 4.04. The number of rotatable bonds is 5. The fourth-order valence-corrected chi connectivity index (χ4v) is 1.22. The molecule has 0 heterocycles. The predicted molar refractivity (Wildman–Crippen MR) is 69.7 cm³/mol. The number of nitrogens with one attached hydrogen (secondary N) is 1. The Balaban J connectivity index is 2.47. The zero-order valence-electron chi connectivity index (χ0n) is 10.9. The first kappa shape index (κ1) is 14.4. The van der Waals surface area contributed by atoms with Gasteiger partial charge in [-0.1, -0.05) is 13.8 Å². The second kappa shape index (κ2) is 6.35. The van der Waals surface area contributed by atoms with E-state index in [2.05, 4.69) is 5.32 Å². The molecule has 0 bridgehead atoms. The summed E-state index contributed by atoms with van der Waals surface area (Å²) in [5.41, 5.74) is 5.86. The summed E-state index contributed by atoms with van der Waals surface area (Å²) in [6.07, 6.45) is 0.00837. The maximum absolute atomic E-state index is 12.9. The van der Waals surface area contributed by atoms with Gasteiger partial charge in [-0.2, -0.15) is 0 Å². The Labute approximate surface area is 106 Å². The van der Waals surface area contributed by atoms with Gasteiger partial charge in [-0.3, -0.25) is 4.79 Å². The van der Waals surface area contributed by atoms with Crippen molar-refractivity contribution >= 4 is 17.3 Å². The molecule has 0 fully saturated rings. The number of hydrogen-bond donors (Lipinski definition) is 2. The zero-order valence-corrected chi connectivity index (χ0v) is 10.9. The number of benzene rings is 1. The Morgan fingerprint density at radius 2 is 2.11 bits per heavy atom. The van der Waals surface area contributed by atoms with Crippen LogP contribution in [0.1, 0.15) is 20.8 Å². The SMILES string of the molecule is CC(C)C(C)OCC(=O)Nc1ccc(F)c(N)c1. The van der Waals surface area contributed by atoms with Crippen molar-refractivity contribution < 1.29 is 13.9 Å². The van der Waals surface area contributed by atoms with Crippen molar-refractivity contribution in [2.75, 3.05) is 17.7 Å². The van der Waals surface area contributed by atoms with Crippen LogP contribution in [0.25, 0.3) is 0 Å². The molecule has 0 aliphatic rings. The minimum Gasteiger partial charge on any atom is -0.396 e.